The molecular weight excluding hydrogens is 353 g/mol. The minimum atomic E-state index is -0.499. The van der Waals surface area contributed by atoms with E-state index < -0.39 is 5.91 Å². The van der Waals surface area contributed by atoms with E-state index in [0.717, 1.165) is 15.0 Å². The van der Waals surface area contributed by atoms with Crippen molar-refractivity contribution in [2.75, 3.05) is 5.32 Å². The average molecular weight is 365 g/mol. The number of pyridine rings is 2. The molecule has 26 heavy (non-hydrogen) atoms. The molecule has 0 fully saturated rings. The van der Waals surface area contributed by atoms with Crippen molar-refractivity contribution < 1.29 is 8.68 Å². The summed E-state index contributed by atoms with van der Waals surface area (Å²) in [5.41, 5.74) is 2.05. The van der Waals surface area contributed by atoms with Crippen LogP contribution in [0.15, 0.2) is 67.0 Å². The van der Waals surface area contributed by atoms with Crippen LogP contribution >= 0.6 is 12.3 Å². The van der Waals surface area contributed by atoms with Gasteiger partial charge in [-0.2, -0.15) is 9.19 Å². The first-order valence-corrected chi connectivity index (χ1v) is 8.38. The van der Waals surface area contributed by atoms with E-state index in [1.165, 1.54) is 0 Å². The summed E-state index contributed by atoms with van der Waals surface area (Å²) in [7, 11) is 0. The zero-order chi connectivity index (χ0) is 17.9. The summed E-state index contributed by atoms with van der Waals surface area (Å²) in [4.78, 5) is 20.9. The van der Waals surface area contributed by atoms with Gasteiger partial charge >= 0.3 is 0 Å². The van der Waals surface area contributed by atoms with Crippen LogP contribution in [0.3, 0.4) is 0 Å². The fraction of sp³-hybridized carbons (Fsp3) is 0. The number of aromatic nitrogens is 4. The van der Waals surface area contributed by atoms with Gasteiger partial charge in [0, 0.05) is 17.1 Å². The van der Waals surface area contributed by atoms with Gasteiger partial charge in [0.25, 0.3) is 5.91 Å². The van der Waals surface area contributed by atoms with Crippen LogP contribution in [0.1, 0.15) is 10.5 Å². The van der Waals surface area contributed by atoms with Gasteiger partial charge in [-0.1, -0.05) is 30.3 Å². The number of carbonyl (C=O) groups is 1. The molecule has 128 valence electrons. The van der Waals surface area contributed by atoms with Gasteiger partial charge in [-0.15, -0.1) is 3.89 Å². The predicted octanol–water partition coefficient (Wildman–Crippen LogP) is 4.13. The molecular formula is C18H12FN5OS. The molecule has 1 amide bonds. The van der Waals surface area contributed by atoms with Crippen LogP contribution in [0.2, 0.25) is 0 Å². The summed E-state index contributed by atoms with van der Waals surface area (Å²) >= 11 is -0.133. The van der Waals surface area contributed by atoms with Crippen molar-refractivity contribution >= 4 is 35.0 Å². The highest BCUT2D eigenvalue weighted by atomic mass is 32.2. The van der Waals surface area contributed by atoms with E-state index in [1.807, 2.05) is 42.5 Å². The number of anilines is 1. The number of halogens is 1. The number of hydrogen-bond donors (Lipinski definition) is 1. The van der Waals surface area contributed by atoms with Crippen LogP contribution in [0.4, 0.5) is 9.70 Å². The number of hydrogen-bond acceptors (Lipinski definition) is 5. The van der Waals surface area contributed by atoms with Crippen molar-refractivity contribution in [3.05, 3.63) is 72.7 Å². The summed E-state index contributed by atoms with van der Waals surface area (Å²) < 4.78 is 14.2. The monoisotopic (exact) mass is 365 g/mol. The molecule has 4 rings (SSSR count). The molecule has 0 aliphatic rings. The molecule has 1 N–H and O–H groups in total. The highest BCUT2D eigenvalue weighted by Gasteiger charge is 2.18. The lowest BCUT2D eigenvalue weighted by atomic mass is 10.1. The molecule has 3 aromatic heterocycles. The molecule has 4 aromatic rings. The Morgan fingerprint density at radius 3 is 2.77 bits per heavy atom. The van der Waals surface area contributed by atoms with Crippen molar-refractivity contribution in [2.24, 2.45) is 0 Å². The molecule has 0 aliphatic carbocycles. The summed E-state index contributed by atoms with van der Waals surface area (Å²) in [6.45, 7) is 0. The van der Waals surface area contributed by atoms with Crippen molar-refractivity contribution in [1.29, 1.82) is 0 Å². The van der Waals surface area contributed by atoms with Crippen LogP contribution in [0, 0.1) is 0 Å². The topological polar surface area (TPSA) is 72.7 Å². The van der Waals surface area contributed by atoms with Crippen LogP contribution in [-0.4, -0.2) is 25.1 Å². The number of nitrogens with zero attached hydrogens (tertiary/aromatic N) is 4. The van der Waals surface area contributed by atoms with Gasteiger partial charge < -0.3 is 5.32 Å². The minimum Gasteiger partial charge on any atom is -0.305 e. The van der Waals surface area contributed by atoms with E-state index in [0.29, 0.717) is 17.0 Å². The molecule has 0 bridgehead atoms. The van der Waals surface area contributed by atoms with E-state index in [9.17, 15) is 8.68 Å². The zero-order valence-corrected chi connectivity index (χ0v) is 14.2. The van der Waals surface area contributed by atoms with Crippen LogP contribution in [0.5, 0.6) is 0 Å². The Hall–Kier alpha value is -3.26. The van der Waals surface area contributed by atoms with Crippen LogP contribution in [0.25, 0.3) is 22.2 Å². The second kappa shape index (κ2) is 6.93. The summed E-state index contributed by atoms with van der Waals surface area (Å²) in [5, 5.41) is 7.71. The van der Waals surface area contributed by atoms with Gasteiger partial charge in [0.05, 0.1) is 17.4 Å². The maximum absolute atomic E-state index is 13.2. The number of nitrogens with one attached hydrogen (secondary N) is 1. The first-order valence-electron chi connectivity index (χ1n) is 7.71. The number of carbonyl (C=O) groups excluding carboxylic acids is 1. The van der Waals surface area contributed by atoms with Crippen LogP contribution < -0.4 is 5.32 Å². The van der Waals surface area contributed by atoms with E-state index in [4.69, 9.17) is 0 Å². The number of amides is 1. The lowest BCUT2D eigenvalue weighted by molar-refractivity contribution is 0.102. The Morgan fingerprint density at radius 2 is 1.96 bits per heavy atom. The standard InChI is InChI=1S/C18H12FN5OS/c19-26-24-16(10-14(23-24)12-4-2-1-3-5-12)18(25)22-17-7-6-13-8-9-20-11-15(13)21-17/h1-11H,(H,21,22,25). The molecule has 1 aromatic carbocycles. The average Bonchev–Trinajstić information content (AvgIpc) is 3.13. The second-order valence-electron chi connectivity index (χ2n) is 5.44. The first kappa shape index (κ1) is 16.2. The fourth-order valence-corrected chi connectivity index (χ4v) is 2.87. The van der Waals surface area contributed by atoms with Gasteiger partial charge in [-0.25, -0.2) is 4.98 Å². The smallest absolute Gasteiger partial charge is 0.276 e. The lowest BCUT2D eigenvalue weighted by Crippen LogP contribution is -2.15. The van der Waals surface area contributed by atoms with Crippen molar-refractivity contribution in [3.63, 3.8) is 0 Å². The molecule has 0 spiro atoms. The Kier molecular flexibility index (Phi) is 4.32. The lowest BCUT2D eigenvalue weighted by Gasteiger charge is -2.05. The van der Waals surface area contributed by atoms with Gasteiger partial charge in [-0.3, -0.25) is 9.78 Å². The van der Waals surface area contributed by atoms with Crippen molar-refractivity contribution in [3.8, 4) is 11.3 Å². The third-order valence-corrected chi connectivity index (χ3v) is 4.19. The highest BCUT2D eigenvalue weighted by molar-refractivity contribution is 7.92. The maximum atomic E-state index is 13.2. The zero-order valence-electron chi connectivity index (χ0n) is 13.3. The summed E-state index contributed by atoms with van der Waals surface area (Å²) in [6.07, 6.45) is 3.28. The van der Waals surface area contributed by atoms with E-state index in [2.05, 4.69) is 20.4 Å². The Bertz CT molecular complexity index is 1080. The number of benzene rings is 1. The Balaban J connectivity index is 1.63. The Labute approximate surface area is 152 Å². The maximum Gasteiger partial charge on any atom is 0.276 e. The van der Waals surface area contributed by atoms with Gasteiger partial charge in [0.15, 0.2) is 12.3 Å². The third-order valence-electron chi connectivity index (χ3n) is 3.78. The van der Waals surface area contributed by atoms with Crippen LogP contribution in [-0.2, 0) is 0 Å². The highest BCUT2D eigenvalue weighted by Crippen LogP contribution is 2.23. The van der Waals surface area contributed by atoms with Gasteiger partial charge in [0.1, 0.15) is 11.5 Å². The molecule has 0 aliphatic heterocycles. The van der Waals surface area contributed by atoms with Gasteiger partial charge in [-0.05, 0) is 24.3 Å². The van der Waals surface area contributed by atoms with Crippen molar-refractivity contribution in [2.45, 2.75) is 0 Å². The Morgan fingerprint density at radius 1 is 1.12 bits per heavy atom. The quantitative estimate of drug-likeness (QED) is 0.589. The largest absolute Gasteiger partial charge is 0.305 e. The fourth-order valence-electron chi connectivity index (χ4n) is 2.54. The second-order valence-corrected chi connectivity index (χ2v) is 5.93. The minimum absolute atomic E-state index is 0.0874. The predicted molar refractivity (Wildman–Crippen MR) is 99.3 cm³/mol. The molecule has 0 saturated carbocycles. The molecule has 0 saturated heterocycles. The SMILES string of the molecule is O=C(Nc1ccc2ccncc2n1)c1cc(-c2ccccc2)nn1SF. The third kappa shape index (κ3) is 3.14. The van der Waals surface area contributed by atoms with E-state index >= 15 is 0 Å². The molecule has 0 atom stereocenters. The normalized spacial score (nSPS) is 10.8. The molecule has 0 radical (unpaired) electrons. The van der Waals surface area contributed by atoms with Gasteiger partial charge in [0.2, 0.25) is 0 Å². The first-order chi connectivity index (χ1) is 12.7. The van der Waals surface area contributed by atoms with E-state index in [-0.39, 0.29) is 18.0 Å². The van der Waals surface area contributed by atoms with E-state index in [1.54, 1.807) is 24.5 Å². The molecule has 6 nitrogen and oxygen atoms in total. The molecule has 3 heterocycles. The number of fused-ring (bicyclic) bond motifs is 1. The van der Waals surface area contributed by atoms with Crippen molar-refractivity contribution in [1.82, 2.24) is 19.2 Å². The number of rotatable bonds is 4. The molecule has 8 heteroatoms. The molecule has 0 unspecified atom stereocenters. The summed E-state index contributed by atoms with van der Waals surface area (Å²) in [6, 6.07) is 16.1. The summed E-state index contributed by atoms with van der Waals surface area (Å²) in [5.74, 6) is -0.144.